The number of nitrogens with zero attached hydrogens (tertiary/aromatic N) is 3. The van der Waals surface area contributed by atoms with Gasteiger partial charge in [-0.05, 0) is 45.7 Å². The molecule has 1 atom stereocenters. The van der Waals surface area contributed by atoms with Crippen molar-refractivity contribution >= 4 is 34.6 Å². The Morgan fingerprint density at radius 2 is 2.03 bits per heavy atom. The monoisotopic (exact) mass is 464 g/mol. The maximum absolute atomic E-state index is 13.4. The van der Waals surface area contributed by atoms with E-state index in [1.165, 1.54) is 6.07 Å². The summed E-state index contributed by atoms with van der Waals surface area (Å²) in [6, 6.07) is 2.79. The van der Waals surface area contributed by atoms with E-state index in [9.17, 15) is 19.5 Å². The molecule has 2 aromatic rings. The number of piperazine rings is 1. The molecule has 2 N–H and O–H groups in total. The van der Waals surface area contributed by atoms with Crippen molar-refractivity contribution in [1.82, 2.24) is 19.8 Å². The molecular formula is C22H29ClN4O5. The molecule has 3 rings (SSSR count). The van der Waals surface area contributed by atoms with Crippen molar-refractivity contribution in [2.45, 2.75) is 52.2 Å². The highest BCUT2D eigenvalue weighted by Gasteiger charge is 2.35. The average Bonchev–Trinajstić information content (AvgIpc) is 2.71. The number of carbonyl (C=O) groups excluding carboxylic acids is 2. The van der Waals surface area contributed by atoms with E-state index in [4.69, 9.17) is 16.3 Å². The van der Waals surface area contributed by atoms with Crippen molar-refractivity contribution in [3.8, 4) is 0 Å². The van der Waals surface area contributed by atoms with E-state index < -0.39 is 17.7 Å². The fraction of sp³-hybridized carbons (Fsp3) is 0.545. The fourth-order valence-electron chi connectivity index (χ4n) is 3.73. The second-order valence-electron chi connectivity index (χ2n) is 8.83. The minimum Gasteiger partial charge on any atom is -0.444 e. The minimum atomic E-state index is -0.630. The Balaban J connectivity index is 1.87. The van der Waals surface area contributed by atoms with Gasteiger partial charge in [0, 0.05) is 31.8 Å². The number of fused-ring (bicyclic) bond motifs is 1. The van der Waals surface area contributed by atoms with Crippen LogP contribution >= 0.6 is 11.6 Å². The molecule has 174 valence electrons. The van der Waals surface area contributed by atoms with Crippen LogP contribution in [0.3, 0.4) is 0 Å². The van der Waals surface area contributed by atoms with Crippen LogP contribution in [0.4, 0.5) is 4.79 Å². The van der Waals surface area contributed by atoms with Gasteiger partial charge < -0.3 is 24.6 Å². The number of hydrogen-bond donors (Lipinski definition) is 2. The van der Waals surface area contributed by atoms with Crippen LogP contribution in [0.2, 0.25) is 5.15 Å². The molecule has 0 bridgehead atoms. The predicted octanol–water partition coefficient (Wildman–Crippen LogP) is 2.58. The summed E-state index contributed by atoms with van der Waals surface area (Å²) in [5.41, 5.74) is 0.812. The number of pyridine rings is 2. The van der Waals surface area contributed by atoms with Gasteiger partial charge in [-0.3, -0.25) is 9.59 Å². The zero-order valence-corrected chi connectivity index (χ0v) is 19.5. The molecule has 0 unspecified atom stereocenters. The molecule has 2 aromatic heterocycles. The molecule has 0 spiro atoms. The molecule has 32 heavy (non-hydrogen) atoms. The van der Waals surface area contributed by atoms with Crippen LogP contribution < -0.4 is 5.56 Å². The molecule has 9 nitrogen and oxygen atoms in total. The van der Waals surface area contributed by atoms with E-state index in [0.717, 1.165) is 0 Å². The van der Waals surface area contributed by atoms with Crippen molar-refractivity contribution in [3.63, 3.8) is 0 Å². The van der Waals surface area contributed by atoms with Gasteiger partial charge in [0.1, 0.15) is 10.8 Å². The second-order valence-corrected chi connectivity index (χ2v) is 9.19. The third-order valence-electron chi connectivity index (χ3n) is 5.33. The Labute approximate surface area is 191 Å². The maximum atomic E-state index is 13.4. The van der Waals surface area contributed by atoms with E-state index >= 15 is 0 Å². The largest absolute Gasteiger partial charge is 0.444 e. The van der Waals surface area contributed by atoms with Gasteiger partial charge in [-0.2, -0.15) is 0 Å². The van der Waals surface area contributed by atoms with E-state index in [1.807, 2.05) is 6.92 Å². The van der Waals surface area contributed by atoms with Gasteiger partial charge in [0.2, 0.25) is 0 Å². The first-order chi connectivity index (χ1) is 15.0. The van der Waals surface area contributed by atoms with Gasteiger partial charge in [0.15, 0.2) is 0 Å². The molecule has 1 aliphatic rings. The van der Waals surface area contributed by atoms with E-state index in [-0.39, 0.29) is 48.4 Å². The van der Waals surface area contributed by atoms with E-state index in [1.54, 1.807) is 36.6 Å². The van der Waals surface area contributed by atoms with Crippen LogP contribution in [0.15, 0.2) is 16.9 Å². The fourth-order valence-corrected chi connectivity index (χ4v) is 3.95. The van der Waals surface area contributed by atoms with E-state index in [0.29, 0.717) is 29.4 Å². The lowest BCUT2D eigenvalue weighted by atomic mass is 10.1. The van der Waals surface area contributed by atoms with Gasteiger partial charge in [0.25, 0.3) is 11.5 Å². The molecule has 0 saturated carbocycles. The number of carbonyl (C=O) groups is 2. The highest BCUT2D eigenvalue weighted by atomic mass is 35.5. The zero-order valence-electron chi connectivity index (χ0n) is 18.8. The highest BCUT2D eigenvalue weighted by Crippen LogP contribution is 2.24. The van der Waals surface area contributed by atoms with Crippen LogP contribution in [0, 0.1) is 0 Å². The molecule has 1 aliphatic heterocycles. The maximum Gasteiger partial charge on any atom is 0.410 e. The normalized spacial score (nSPS) is 17.0. The van der Waals surface area contributed by atoms with Gasteiger partial charge in [0.05, 0.1) is 22.6 Å². The number of aromatic nitrogens is 2. The van der Waals surface area contributed by atoms with Gasteiger partial charge >= 0.3 is 6.09 Å². The summed E-state index contributed by atoms with van der Waals surface area (Å²) in [5, 5.41) is 9.56. The summed E-state index contributed by atoms with van der Waals surface area (Å²) in [7, 11) is 0. The van der Waals surface area contributed by atoms with E-state index in [2.05, 4.69) is 9.97 Å². The number of aliphatic hydroxyl groups excluding tert-OH is 1. The number of aryl methyl sites for hydroxylation is 1. The number of halogens is 1. The summed E-state index contributed by atoms with van der Waals surface area (Å²) in [4.78, 5) is 48.2. The van der Waals surface area contributed by atoms with Crippen molar-refractivity contribution in [1.29, 1.82) is 0 Å². The van der Waals surface area contributed by atoms with Crippen molar-refractivity contribution in [2.75, 3.05) is 26.2 Å². The standard InChI is InChI=1S/C22H29ClN4O5/c1-5-13-10-16-17(25-19(13)29)11-15(18(23)24-16)20(30)27-8-7-26(12-14(27)6-9-28)21(31)32-22(2,3)4/h10-11,14,28H,5-9,12H2,1-4H3,(H,25,29)/t14-/m1/s1. The number of aliphatic hydroxyl groups is 1. The van der Waals surface area contributed by atoms with Crippen molar-refractivity contribution in [3.05, 3.63) is 38.8 Å². The topological polar surface area (TPSA) is 116 Å². The number of ether oxygens (including phenoxy) is 1. The molecule has 0 radical (unpaired) electrons. The summed E-state index contributed by atoms with van der Waals surface area (Å²) in [6.07, 6.45) is 0.387. The zero-order chi connectivity index (χ0) is 23.6. The molecule has 1 fully saturated rings. The van der Waals surface area contributed by atoms with Crippen LogP contribution in [-0.2, 0) is 11.2 Å². The third kappa shape index (κ3) is 5.21. The predicted molar refractivity (Wildman–Crippen MR) is 121 cm³/mol. The molecular weight excluding hydrogens is 436 g/mol. The lowest BCUT2D eigenvalue weighted by Gasteiger charge is -2.41. The number of rotatable bonds is 4. The van der Waals surface area contributed by atoms with Crippen LogP contribution in [0.25, 0.3) is 11.0 Å². The number of amides is 2. The van der Waals surface area contributed by atoms with Crippen LogP contribution in [0.5, 0.6) is 0 Å². The summed E-state index contributed by atoms with van der Waals surface area (Å²) < 4.78 is 5.44. The smallest absolute Gasteiger partial charge is 0.410 e. The molecule has 0 aliphatic carbocycles. The number of aromatic amines is 1. The van der Waals surface area contributed by atoms with Crippen molar-refractivity contribution in [2.24, 2.45) is 0 Å². The second kappa shape index (κ2) is 9.46. The molecule has 3 heterocycles. The quantitative estimate of drug-likeness (QED) is 0.672. The van der Waals surface area contributed by atoms with Crippen molar-refractivity contribution < 1.29 is 19.4 Å². The Morgan fingerprint density at radius 1 is 1.31 bits per heavy atom. The summed E-state index contributed by atoms with van der Waals surface area (Å²) in [5.74, 6) is -0.368. The molecule has 10 heteroatoms. The van der Waals surface area contributed by atoms with Gasteiger partial charge in [-0.15, -0.1) is 0 Å². The summed E-state index contributed by atoms with van der Waals surface area (Å²) in [6.45, 7) is 7.87. The molecule has 0 aromatic carbocycles. The highest BCUT2D eigenvalue weighted by molar-refractivity contribution is 6.33. The average molecular weight is 465 g/mol. The minimum absolute atomic E-state index is 0.0360. The SMILES string of the molecule is CCc1cc2nc(Cl)c(C(=O)N3CCN(C(=O)OC(C)(C)C)C[C@H]3CCO)cc2[nH]c1=O. The third-order valence-corrected chi connectivity index (χ3v) is 5.61. The first-order valence-electron chi connectivity index (χ1n) is 10.7. The Morgan fingerprint density at radius 3 is 2.66 bits per heavy atom. The summed E-state index contributed by atoms with van der Waals surface area (Å²) >= 11 is 6.34. The molecule has 1 saturated heterocycles. The lowest BCUT2D eigenvalue weighted by Crippen LogP contribution is -2.57. The van der Waals surface area contributed by atoms with Crippen LogP contribution in [0.1, 0.15) is 50.0 Å². The Kier molecular flexibility index (Phi) is 7.09. The Bertz CT molecular complexity index is 1080. The first kappa shape index (κ1) is 24.0. The molecule has 2 amide bonds. The van der Waals surface area contributed by atoms with Gasteiger partial charge in [-0.1, -0.05) is 18.5 Å². The first-order valence-corrected chi connectivity index (χ1v) is 11.0. The lowest BCUT2D eigenvalue weighted by molar-refractivity contribution is 0.00177. The Hall–Kier alpha value is -2.65. The van der Waals surface area contributed by atoms with Crippen LogP contribution in [-0.4, -0.2) is 74.8 Å². The van der Waals surface area contributed by atoms with Gasteiger partial charge in [-0.25, -0.2) is 9.78 Å². The number of hydrogen-bond acceptors (Lipinski definition) is 6. The number of nitrogens with one attached hydrogen (secondary N) is 1. The number of H-pyrrole nitrogens is 1.